The summed E-state index contributed by atoms with van der Waals surface area (Å²) in [6.45, 7) is 1.31. The highest BCUT2D eigenvalue weighted by molar-refractivity contribution is 6.36. The maximum atomic E-state index is 14.0. The Morgan fingerprint density at radius 2 is 2.09 bits per heavy atom. The fourth-order valence-electron chi connectivity index (χ4n) is 3.62. The highest BCUT2D eigenvalue weighted by Gasteiger charge is 2.51. The summed E-state index contributed by atoms with van der Waals surface area (Å²) in [5, 5.41) is 16.2. The summed E-state index contributed by atoms with van der Waals surface area (Å²) in [5.74, 6) is -3.60. The van der Waals surface area contributed by atoms with E-state index in [1.165, 1.54) is 23.1 Å². The van der Waals surface area contributed by atoms with Crippen molar-refractivity contribution in [3.05, 3.63) is 58.2 Å². The van der Waals surface area contributed by atoms with Gasteiger partial charge in [0.1, 0.15) is 18.0 Å². The van der Waals surface area contributed by atoms with Crippen molar-refractivity contribution in [2.75, 3.05) is 12.3 Å². The van der Waals surface area contributed by atoms with Crippen LogP contribution in [0.5, 0.6) is 5.75 Å². The predicted molar refractivity (Wildman–Crippen MR) is 118 cm³/mol. The zero-order valence-corrected chi connectivity index (χ0v) is 18.8. The van der Waals surface area contributed by atoms with Crippen molar-refractivity contribution >= 4 is 29.0 Å². The Labute approximate surface area is 197 Å². The zero-order valence-electron chi connectivity index (χ0n) is 17.3. The van der Waals surface area contributed by atoms with Gasteiger partial charge in [-0.2, -0.15) is 5.10 Å². The van der Waals surface area contributed by atoms with Crippen LogP contribution in [-0.2, 0) is 6.54 Å². The second-order valence-electron chi connectivity index (χ2n) is 7.73. The number of halogens is 5. The van der Waals surface area contributed by atoms with E-state index in [-0.39, 0.29) is 40.3 Å². The number of nitrogens with zero attached hydrogens (tertiary/aromatic N) is 3. The van der Waals surface area contributed by atoms with E-state index in [0.717, 1.165) is 6.07 Å². The third-order valence-corrected chi connectivity index (χ3v) is 6.19. The van der Waals surface area contributed by atoms with Gasteiger partial charge >= 0.3 is 0 Å². The molecule has 2 aromatic heterocycles. The molecule has 4 N–H and O–H groups in total. The quantitative estimate of drug-likeness (QED) is 0.440. The zero-order chi connectivity index (χ0) is 23.9. The minimum atomic E-state index is -3.26. The predicted octanol–water partition coefficient (Wildman–Crippen LogP) is 4.08. The van der Waals surface area contributed by atoms with Crippen LogP contribution in [-0.4, -0.2) is 44.5 Å². The van der Waals surface area contributed by atoms with Crippen LogP contribution < -0.4 is 15.8 Å². The maximum absolute atomic E-state index is 14.0. The Morgan fingerprint density at radius 3 is 2.79 bits per heavy atom. The minimum absolute atomic E-state index is 0.0884. The number of aliphatic hydroxyl groups is 1. The Balaban J connectivity index is 1.54. The normalized spacial score (nSPS) is 20.7. The number of nitrogens with two attached hydrogens (primary N) is 1. The van der Waals surface area contributed by atoms with E-state index in [4.69, 9.17) is 33.7 Å². The number of aromatic nitrogens is 3. The van der Waals surface area contributed by atoms with Crippen LogP contribution in [0.1, 0.15) is 18.6 Å². The lowest BCUT2D eigenvalue weighted by atomic mass is 10.1. The van der Waals surface area contributed by atoms with E-state index >= 15 is 0 Å². The van der Waals surface area contributed by atoms with Crippen molar-refractivity contribution in [1.82, 2.24) is 20.1 Å². The molecule has 0 unspecified atom stereocenters. The molecular formula is C21H20Cl2F3N5O2. The van der Waals surface area contributed by atoms with Crippen molar-refractivity contribution < 1.29 is 23.0 Å². The van der Waals surface area contributed by atoms with Crippen molar-refractivity contribution in [2.24, 2.45) is 0 Å². The number of β-amino-alcohol motifs (C(OH)–C–C–N with tert-alkyl or cyclic N) is 1. The number of anilines is 1. The van der Waals surface area contributed by atoms with E-state index in [1.54, 1.807) is 19.2 Å². The van der Waals surface area contributed by atoms with Crippen LogP contribution in [0.15, 0.2) is 36.8 Å². The first-order valence-electron chi connectivity index (χ1n) is 9.95. The molecule has 3 heterocycles. The number of hydrogen-bond donors (Lipinski definition) is 3. The first-order valence-corrected chi connectivity index (χ1v) is 10.7. The number of alkyl halides is 2. The minimum Gasteiger partial charge on any atom is -0.482 e. The Kier molecular flexibility index (Phi) is 6.45. The fraction of sp³-hybridized carbons (Fsp3) is 0.333. The van der Waals surface area contributed by atoms with Gasteiger partial charge in [-0.05, 0) is 25.1 Å². The molecule has 3 atom stereocenters. The van der Waals surface area contributed by atoms with Gasteiger partial charge in [-0.1, -0.05) is 23.2 Å². The Hall–Kier alpha value is -2.53. The van der Waals surface area contributed by atoms with Crippen LogP contribution in [0.4, 0.5) is 19.0 Å². The largest absolute Gasteiger partial charge is 0.482 e. The van der Waals surface area contributed by atoms with Gasteiger partial charge in [-0.3, -0.25) is 4.68 Å². The summed E-state index contributed by atoms with van der Waals surface area (Å²) in [4.78, 5) is 4.12. The second kappa shape index (κ2) is 9.02. The number of ether oxygens (including phenoxy) is 1. The van der Waals surface area contributed by atoms with Crippen molar-refractivity contribution in [3.8, 4) is 16.9 Å². The van der Waals surface area contributed by atoms with Crippen LogP contribution in [0.2, 0.25) is 10.0 Å². The molecule has 1 aliphatic heterocycles. The average Bonchev–Trinajstić information content (AvgIpc) is 3.33. The van der Waals surface area contributed by atoms with Gasteiger partial charge in [0.25, 0.3) is 5.92 Å². The SMILES string of the molecule is C[C@@H](Oc1cc(-c2cnn(C[C@@H]3NC[C@H](O)C3(F)F)c2)cnc1N)c1c(Cl)ccc(F)c1Cl. The fourth-order valence-corrected chi connectivity index (χ4v) is 4.29. The van der Waals surface area contributed by atoms with Crippen LogP contribution >= 0.6 is 23.2 Å². The highest BCUT2D eigenvalue weighted by Crippen LogP contribution is 2.37. The number of aliphatic hydroxyl groups excluding tert-OH is 1. The van der Waals surface area contributed by atoms with Gasteiger partial charge in [0, 0.05) is 40.7 Å². The summed E-state index contributed by atoms with van der Waals surface area (Å²) in [7, 11) is 0. The van der Waals surface area contributed by atoms with Crippen molar-refractivity contribution in [2.45, 2.75) is 37.6 Å². The van der Waals surface area contributed by atoms with Gasteiger partial charge in [0.05, 0.1) is 23.8 Å². The second-order valence-corrected chi connectivity index (χ2v) is 8.51. The molecule has 12 heteroatoms. The lowest BCUT2D eigenvalue weighted by Crippen LogP contribution is -2.43. The highest BCUT2D eigenvalue weighted by atomic mass is 35.5. The Bertz CT molecular complexity index is 1180. The lowest BCUT2D eigenvalue weighted by molar-refractivity contribution is -0.0963. The standard InChI is InChI=1S/C21H20Cl2F3N5O2/c1-10(18-13(22)2-3-14(24)19(18)23)33-15-4-11(5-29-20(15)27)12-6-30-31(8-12)9-16-21(25,26)17(32)7-28-16/h2-6,8,10,16-17,28,32H,7,9H2,1H3,(H2,27,29)/t10-,16+,17+/m1/s1. The van der Waals surface area contributed by atoms with Crippen LogP contribution in [0.3, 0.4) is 0 Å². The first-order chi connectivity index (χ1) is 15.6. The molecule has 0 bridgehead atoms. The number of pyridine rings is 1. The van der Waals surface area contributed by atoms with Gasteiger partial charge in [-0.25, -0.2) is 18.2 Å². The van der Waals surface area contributed by atoms with E-state index in [9.17, 15) is 18.3 Å². The van der Waals surface area contributed by atoms with E-state index in [2.05, 4.69) is 15.4 Å². The van der Waals surface area contributed by atoms with E-state index in [0.29, 0.717) is 11.1 Å². The van der Waals surface area contributed by atoms with E-state index in [1.807, 2.05) is 0 Å². The first kappa shape index (κ1) is 23.6. The summed E-state index contributed by atoms with van der Waals surface area (Å²) in [6.07, 6.45) is 2.07. The molecule has 0 saturated carbocycles. The molecular weight excluding hydrogens is 482 g/mol. The number of hydrogen-bond acceptors (Lipinski definition) is 6. The van der Waals surface area contributed by atoms with Crippen molar-refractivity contribution in [1.29, 1.82) is 0 Å². The van der Waals surface area contributed by atoms with Crippen molar-refractivity contribution in [3.63, 3.8) is 0 Å². The van der Waals surface area contributed by atoms with Crippen LogP contribution in [0.25, 0.3) is 11.1 Å². The van der Waals surface area contributed by atoms with Gasteiger partial charge in [0.2, 0.25) is 0 Å². The molecule has 0 amide bonds. The molecule has 1 saturated heterocycles. The summed E-state index contributed by atoms with van der Waals surface area (Å²) in [6, 6.07) is 2.90. The van der Waals surface area contributed by atoms with Gasteiger partial charge in [0.15, 0.2) is 11.6 Å². The average molecular weight is 502 g/mol. The molecule has 33 heavy (non-hydrogen) atoms. The number of rotatable bonds is 6. The molecule has 1 fully saturated rings. The summed E-state index contributed by atoms with van der Waals surface area (Å²) < 4.78 is 49.2. The smallest absolute Gasteiger partial charge is 0.291 e. The van der Waals surface area contributed by atoms with E-state index < -0.39 is 30.0 Å². The maximum Gasteiger partial charge on any atom is 0.291 e. The number of benzene rings is 1. The molecule has 7 nitrogen and oxygen atoms in total. The molecule has 1 aliphatic rings. The number of nitrogens with one attached hydrogen (secondary N) is 1. The molecule has 1 aromatic carbocycles. The molecule has 176 valence electrons. The number of nitrogen functional groups attached to an aromatic ring is 1. The van der Waals surface area contributed by atoms with Crippen LogP contribution in [0, 0.1) is 5.82 Å². The summed E-state index contributed by atoms with van der Waals surface area (Å²) >= 11 is 12.2. The van der Waals surface area contributed by atoms with Gasteiger partial charge in [-0.15, -0.1) is 0 Å². The third-order valence-electron chi connectivity index (χ3n) is 5.47. The molecule has 0 radical (unpaired) electrons. The molecule has 0 spiro atoms. The topological polar surface area (TPSA) is 98.2 Å². The molecule has 3 aromatic rings. The third kappa shape index (κ3) is 4.61. The summed E-state index contributed by atoms with van der Waals surface area (Å²) in [5.41, 5.74) is 7.37. The lowest BCUT2D eigenvalue weighted by Gasteiger charge is -2.20. The monoisotopic (exact) mass is 501 g/mol. The Morgan fingerprint density at radius 1 is 1.33 bits per heavy atom. The molecule has 4 rings (SSSR count). The van der Waals surface area contributed by atoms with Gasteiger partial charge < -0.3 is 20.9 Å². The molecule has 0 aliphatic carbocycles.